The smallest absolute Gasteiger partial charge is 0.217 e. The Balaban J connectivity index is 1.76. The monoisotopic (exact) mass is 392 g/mol. The van der Waals surface area contributed by atoms with Gasteiger partial charge in [0, 0.05) is 17.7 Å². The van der Waals surface area contributed by atoms with Crippen LogP contribution in [0.1, 0.15) is 26.3 Å². The number of nitrogens with zero attached hydrogens (tertiary/aromatic N) is 2. The number of furan rings is 1. The highest BCUT2D eigenvalue weighted by molar-refractivity contribution is 5.91. The van der Waals surface area contributed by atoms with Gasteiger partial charge in [-0.15, -0.1) is 5.70 Å². The minimum atomic E-state index is 0.0328. The molecule has 0 spiro atoms. The molecule has 4 aromatic rings. The Morgan fingerprint density at radius 1 is 1.00 bits per heavy atom. The van der Waals surface area contributed by atoms with Crippen LogP contribution in [0.4, 0.5) is 0 Å². The van der Waals surface area contributed by atoms with E-state index < -0.39 is 0 Å². The van der Waals surface area contributed by atoms with Crippen molar-refractivity contribution in [3.8, 4) is 11.3 Å². The first kappa shape index (κ1) is 18.4. The van der Waals surface area contributed by atoms with E-state index in [-0.39, 0.29) is 5.41 Å². The van der Waals surface area contributed by atoms with Crippen molar-refractivity contribution in [2.24, 2.45) is 0 Å². The van der Waals surface area contributed by atoms with Crippen LogP contribution in [0.25, 0.3) is 45.3 Å². The van der Waals surface area contributed by atoms with E-state index >= 15 is 0 Å². The summed E-state index contributed by atoms with van der Waals surface area (Å²) in [6, 6.07) is 19.2. The fraction of sp³-hybridized carbons (Fsp3) is 0.148. The summed E-state index contributed by atoms with van der Waals surface area (Å²) in [4.78, 5) is 0. The van der Waals surface area contributed by atoms with Crippen molar-refractivity contribution in [3.05, 3.63) is 101 Å². The van der Waals surface area contributed by atoms with E-state index in [1.54, 1.807) is 6.26 Å². The van der Waals surface area contributed by atoms with Gasteiger partial charge in [-0.25, -0.2) is 0 Å². The Labute approximate surface area is 175 Å². The zero-order valence-corrected chi connectivity index (χ0v) is 17.5. The Morgan fingerprint density at radius 3 is 2.67 bits per heavy atom. The number of pyridine rings is 1. The molecule has 3 nitrogen and oxygen atoms in total. The molecule has 5 rings (SSSR count). The molecule has 0 fully saturated rings. The summed E-state index contributed by atoms with van der Waals surface area (Å²) in [5.74, 6) is 0. The van der Waals surface area contributed by atoms with Gasteiger partial charge in [0.05, 0.1) is 6.26 Å². The number of rotatable bonds is 1. The molecule has 2 aromatic carbocycles. The molecule has 3 heteroatoms. The van der Waals surface area contributed by atoms with Gasteiger partial charge >= 0.3 is 0 Å². The van der Waals surface area contributed by atoms with Gasteiger partial charge in [0.15, 0.2) is 6.20 Å². The van der Waals surface area contributed by atoms with Crippen molar-refractivity contribution < 1.29 is 8.66 Å². The molecule has 0 bridgehead atoms. The molecule has 0 saturated carbocycles. The number of hydrogen-bond donors (Lipinski definition) is 0. The third-order valence-electron chi connectivity index (χ3n) is 5.63. The van der Waals surface area contributed by atoms with Crippen LogP contribution < -0.4 is 20.1 Å². The summed E-state index contributed by atoms with van der Waals surface area (Å²) in [6.45, 7) is 11.0. The first-order chi connectivity index (χ1) is 14.4. The second kappa shape index (κ2) is 6.74. The standard InChI is InChI=1S/C27H24N2O/c1-27(2,3)23-14-21(13-18-7-5-6-8-22(18)23)25-15-19(9-11-29(25)4)24-16-26-20(17-28-24)10-12-30-26/h5-17H,4H2,1-3H3. The normalized spacial score (nSPS) is 15.2. The van der Waals surface area contributed by atoms with Crippen LogP contribution in [0.5, 0.6) is 0 Å². The Morgan fingerprint density at radius 2 is 1.83 bits per heavy atom. The number of benzene rings is 2. The Kier molecular flexibility index (Phi) is 4.14. The van der Waals surface area contributed by atoms with Gasteiger partial charge in [0.1, 0.15) is 12.1 Å². The van der Waals surface area contributed by atoms with Crippen molar-refractivity contribution in [1.29, 1.82) is 0 Å². The van der Waals surface area contributed by atoms with Gasteiger partial charge in [0.25, 0.3) is 0 Å². The summed E-state index contributed by atoms with van der Waals surface area (Å²) in [7, 11) is 0. The summed E-state index contributed by atoms with van der Waals surface area (Å²) in [5.41, 5.74) is 5.28. The number of hydrogen-bond acceptors (Lipinski definition) is 1. The van der Waals surface area contributed by atoms with E-state index in [9.17, 15) is 0 Å². The van der Waals surface area contributed by atoms with E-state index in [1.807, 2.05) is 34.8 Å². The molecule has 1 aliphatic rings. The molecular weight excluding hydrogens is 368 g/mol. The third-order valence-corrected chi connectivity index (χ3v) is 5.63. The minimum absolute atomic E-state index is 0.0328. The maximum absolute atomic E-state index is 5.56. The van der Waals surface area contributed by atoms with Crippen LogP contribution in [0.15, 0.2) is 71.5 Å². The summed E-state index contributed by atoms with van der Waals surface area (Å²) in [6.07, 6.45) is 7.53. The predicted molar refractivity (Wildman–Crippen MR) is 122 cm³/mol. The molecule has 2 aromatic heterocycles. The Hall–Kier alpha value is -3.59. The van der Waals surface area contributed by atoms with E-state index in [0.29, 0.717) is 0 Å². The SMILES string of the molecule is C=[n+]1ccc(=C2C=c3occc3=C[N-]2)cc1-c1cc(C(C)(C)C)c2ccccc2c1. The highest BCUT2D eigenvalue weighted by Gasteiger charge is 2.20. The van der Waals surface area contributed by atoms with E-state index in [2.05, 4.69) is 75.3 Å². The Bertz CT molecular complexity index is 1520. The van der Waals surface area contributed by atoms with Crippen LogP contribution in [-0.2, 0) is 5.41 Å². The van der Waals surface area contributed by atoms with Crippen molar-refractivity contribution in [2.45, 2.75) is 26.2 Å². The fourth-order valence-electron chi connectivity index (χ4n) is 4.03. The zero-order valence-electron chi connectivity index (χ0n) is 17.5. The summed E-state index contributed by atoms with van der Waals surface area (Å²) in [5, 5.41) is 9.21. The molecule has 0 radical (unpaired) electrons. The molecule has 0 atom stereocenters. The van der Waals surface area contributed by atoms with E-state index in [4.69, 9.17) is 4.42 Å². The highest BCUT2D eigenvalue weighted by atomic mass is 16.3. The number of aromatic nitrogens is 1. The molecule has 1 aliphatic heterocycles. The lowest BCUT2D eigenvalue weighted by atomic mass is 9.82. The molecule has 0 unspecified atom stereocenters. The maximum Gasteiger partial charge on any atom is 0.217 e. The van der Waals surface area contributed by atoms with Crippen LogP contribution in [-0.4, -0.2) is 0 Å². The first-order valence-corrected chi connectivity index (χ1v) is 10.1. The van der Waals surface area contributed by atoms with Crippen molar-refractivity contribution in [1.82, 2.24) is 0 Å². The van der Waals surface area contributed by atoms with Crippen molar-refractivity contribution in [3.63, 3.8) is 0 Å². The van der Waals surface area contributed by atoms with Crippen LogP contribution in [0.3, 0.4) is 0 Å². The molecule has 3 heterocycles. The molecule has 148 valence electrons. The lowest BCUT2D eigenvalue weighted by molar-refractivity contribution is -0.486. The average Bonchev–Trinajstić information content (AvgIpc) is 3.20. The second-order valence-electron chi connectivity index (χ2n) is 8.79. The quantitative estimate of drug-likeness (QED) is 0.450. The minimum Gasteiger partial charge on any atom is -0.663 e. The van der Waals surface area contributed by atoms with E-state index in [0.717, 1.165) is 32.8 Å². The van der Waals surface area contributed by atoms with Crippen LogP contribution in [0, 0.1) is 6.72 Å². The largest absolute Gasteiger partial charge is 0.663 e. The van der Waals surface area contributed by atoms with Gasteiger partial charge in [-0.2, -0.15) is 10.4 Å². The summed E-state index contributed by atoms with van der Waals surface area (Å²) >= 11 is 0. The molecule has 30 heavy (non-hydrogen) atoms. The fourth-order valence-corrected chi connectivity index (χ4v) is 4.03. The van der Waals surface area contributed by atoms with Gasteiger partial charge in [-0.3, -0.25) is 0 Å². The summed E-state index contributed by atoms with van der Waals surface area (Å²) < 4.78 is 7.48. The average molecular weight is 393 g/mol. The highest BCUT2D eigenvalue weighted by Crippen LogP contribution is 2.33. The van der Waals surface area contributed by atoms with E-state index in [1.165, 1.54) is 16.3 Å². The molecule has 0 saturated heterocycles. The van der Waals surface area contributed by atoms with Crippen molar-refractivity contribution >= 4 is 28.7 Å². The third kappa shape index (κ3) is 3.13. The zero-order chi connectivity index (χ0) is 20.9. The van der Waals surface area contributed by atoms with Gasteiger partial charge < -0.3 is 9.73 Å². The lowest BCUT2D eigenvalue weighted by Crippen LogP contribution is -2.25. The molecular formula is C27H24N2O. The van der Waals surface area contributed by atoms with Gasteiger partial charge in [-0.05, 0) is 56.5 Å². The van der Waals surface area contributed by atoms with Gasteiger partial charge in [-0.1, -0.05) is 45.0 Å². The maximum atomic E-state index is 5.56. The predicted octanol–water partition coefficient (Wildman–Crippen LogP) is 4.04. The molecule has 0 N–H and O–H groups in total. The van der Waals surface area contributed by atoms with Gasteiger partial charge in [0.2, 0.25) is 5.69 Å². The van der Waals surface area contributed by atoms with Crippen molar-refractivity contribution in [2.75, 3.05) is 0 Å². The number of fused-ring (bicyclic) bond motifs is 2. The molecule has 0 amide bonds. The first-order valence-electron chi connectivity index (χ1n) is 10.1. The second-order valence-corrected chi connectivity index (χ2v) is 8.79. The van der Waals surface area contributed by atoms with Crippen LogP contribution >= 0.6 is 0 Å². The lowest BCUT2D eigenvalue weighted by Gasteiger charge is -2.22. The van der Waals surface area contributed by atoms with Crippen LogP contribution in [0.2, 0.25) is 0 Å². The topological polar surface area (TPSA) is 33.1 Å². The molecule has 0 aliphatic carbocycles.